The third kappa shape index (κ3) is 6.36. The molecule has 0 heterocycles. The molecule has 0 saturated heterocycles. The Bertz CT molecular complexity index is 501. The first-order valence-corrected chi connectivity index (χ1v) is 9.74. The minimum Gasteiger partial charge on any atom is -0.429 e. The zero-order valence-electron chi connectivity index (χ0n) is 17.0. The lowest BCUT2D eigenvalue weighted by molar-refractivity contribution is -0.129. The quantitative estimate of drug-likeness (QED) is 0.620. The van der Waals surface area contributed by atoms with Crippen molar-refractivity contribution in [3.8, 4) is 0 Å². The number of hydrogen-bond acceptors (Lipinski definition) is 6. The van der Waals surface area contributed by atoms with Gasteiger partial charge in [-0.1, -0.05) is 19.3 Å². The van der Waals surface area contributed by atoms with E-state index in [1.54, 1.807) is 41.5 Å². The summed E-state index contributed by atoms with van der Waals surface area (Å²) >= 11 is 0. The van der Waals surface area contributed by atoms with Crippen LogP contribution >= 0.6 is 0 Å². The van der Waals surface area contributed by atoms with Crippen LogP contribution in [-0.4, -0.2) is 35.7 Å². The molecule has 0 N–H and O–H groups in total. The van der Waals surface area contributed by atoms with E-state index >= 15 is 0 Å². The molecule has 26 heavy (non-hydrogen) atoms. The molecule has 0 aromatic rings. The summed E-state index contributed by atoms with van der Waals surface area (Å²) in [4.78, 5) is 24.4. The highest BCUT2D eigenvalue weighted by Gasteiger charge is 2.45. The lowest BCUT2D eigenvalue weighted by Crippen LogP contribution is -2.49. The molecule has 0 amide bonds. The highest BCUT2D eigenvalue weighted by atomic mass is 16.8. The molecule has 6 heteroatoms. The fraction of sp³-hybridized carbons (Fsp3) is 0.900. The van der Waals surface area contributed by atoms with Crippen molar-refractivity contribution in [1.82, 2.24) is 0 Å². The molecule has 0 bridgehead atoms. The molecule has 0 radical (unpaired) electrons. The van der Waals surface area contributed by atoms with Gasteiger partial charge < -0.3 is 18.9 Å². The van der Waals surface area contributed by atoms with Crippen molar-refractivity contribution in [2.45, 2.75) is 103 Å². The van der Waals surface area contributed by atoms with E-state index in [4.69, 9.17) is 18.9 Å². The summed E-state index contributed by atoms with van der Waals surface area (Å²) in [6.07, 6.45) is 3.70. The van der Waals surface area contributed by atoms with Crippen LogP contribution in [0.15, 0.2) is 0 Å². The zero-order valence-corrected chi connectivity index (χ0v) is 17.0. The summed E-state index contributed by atoms with van der Waals surface area (Å²) in [5.74, 6) is 0.715. The van der Waals surface area contributed by atoms with E-state index in [0.717, 1.165) is 25.7 Å². The third-order valence-corrected chi connectivity index (χ3v) is 4.84. The maximum atomic E-state index is 12.2. The summed E-state index contributed by atoms with van der Waals surface area (Å²) in [6.45, 7) is 10.8. The zero-order chi connectivity index (χ0) is 19.5. The molecule has 2 rings (SSSR count). The predicted octanol–water partition coefficient (Wildman–Crippen LogP) is 5.23. The van der Waals surface area contributed by atoms with Crippen LogP contribution in [0.4, 0.5) is 9.59 Å². The van der Waals surface area contributed by atoms with Crippen LogP contribution in [0.2, 0.25) is 0 Å². The topological polar surface area (TPSA) is 71.1 Å². The van der Waals surface area contributed by atoms with Gasteiger partial charge in [0.15, 0.2) is 0 Å². The van der Waals surface area contributed by atoms with Crippen molar-refractivity contribution in [2.75, 3.05) is 0 Å². The van der Waals surface area contributed by atoms with E-state index in [1.165, 1.54) is 6.42 Å². The molecule has 4 unspecified atom stereocenters. The summed E-state index contributed by atoms with van der Waals surface area (Å²) < 4.78 is 21.9. The first-order chi connectivity index (χ1) is 11.9. The van der Waals surface area contributed by atoms with Gasteiger partial charge in [0.2, 0.25) is 0 Å². The van der Waals surface area contributed by atoms with Crippen LogP contribution in [0.25, 0.3) is 0 Å². The van der Waals surface area contributed by atoms with Gasteiger partial charge in [-0.3, -0.25) is 0 Å². The predicted molar refractivity (Wildman–Crippen MR) is 96.9 cm³/mol. The van der Waals surface area contributed by atoms with Gasteiger partial charge in [-0.15, -0.1) is 0 Å². The summed E-state index contributed by atoms with van der Waals surface area (Å²) in [6, 6.07) is 0. The van der Waals surface area contributed by atoms with Crippen molar-refractivity contribution in [1.29, 1.82) is 0 Å². The van der Waals surface area contributed by atoms with E-state index in [2.05, 4.69) is 0 Å². The third-order valence-electron chi connectivity index (χ3n) is 4.84. The summed E-state index contributed by atoms with van der Waals surface area (Å²) in [5, 5.41) is 0. The molecule has 0 aromatic carbocycles. The molecule has 2 aliphatic rings. The molecule has 150 valence electrons. The number of hydrogen-bond donors (Lipinski definition) is 0. The van der Waals surface area contributed by atoms with E-state index < -0.39 is 35.7 Å². The molecule has 2 fully saturated rings. The highest BCUT2D eigenvalue weighted by molar-refractivity contribution is 5.62. The second-order valence-corrected chi connectivity index (χ2v) is 9.45. The van der Waals surface area contributed by atoms with Crippen LogP contribution in [-0.2, 0) is 18.9 Å². The maximum absolute atomic E-state index is 12.2. The van der Waals surface area contributed by atoms with Crippen molar-refractivity contribution < 1.29 is 28.5 Å². The van der Waals surface area contributed by atoms with Crippen LogP contribution in [0.5, 0.6) is 0 Å². The molecule has 0 spiro atoms. The van der Waals surface area contributed by atoms with E-state index in [-0.39, 0.29) is 5.92 Å². The van der Waals surface area contributed by atoms with Gasteiger partial charge in [-0.2, -0.15) is 0 Å². The minimum absolute atomic E-state index is 0.206. The Morgan fingerprint density at radius 3 is 1.85 bits per heavy atom. The smallest absolute Gasteiger partial charge is 0.429 e. The fourth-order valence-electron chi connectivity index (χ4n) is 3.92. The minimum atomic E-state index is -0.713. The number of fused-ring (bicyclic) bond motifs is 1. The van der Waals surface area contributed by atoms with Crippen molar-refractivity contribution in [2.24, 2.45) is 11.8 Å². The standard InChI is InChI=1S/C20H34O6/c1-19(2,3)25-17(21)23-15-12-11-13-9-7-8-10-14(13)16(15)24-18(22)26-20(4,5)6/h13-16H,7-12H2,1-6H3. The van der Waals surface area contributed by atoms with Crippen molar-refractivity contribution >= 4 is 12.3 Å². The van der Waals surface area contributed by atoms with Gasteiger partial charge in [0.1, 0.15) is 23.4 Å². The molecule has 6 nitrogen and oxygen atoms in total. The monoisotopic (exact) mass is 370 g/mol. The van der Waals surface area contributed by atoms with Crippen LogP contribution in [0.1, 0.15) is 80.1 Å². The molecule has 0 aromatic heterocycles. The molecule has 4 atom stereocenters. The SMILES string of the molecule is CC(C)(C)OC(=O)OC1CCC2CCCCC2C1OC(=O)OC(C)(C)C. The number of carbonyl (C=O) groups excluding carboxylic acids is 2. The first kappa shape index (κ1) is 20.8. The van der Waals surface area contributed by atoms with Gasteiger partial charge in [-0.05, 0) is 66.7 Å². The molecule has 2 aliphatic carbocycles. The Kier molecular flexibility index (Phi) is 6.46. The second-order valence-electron chi connectivity index (χ2n) is 9.45. The first-order valence-electron chi connectivity index (χ1n) is 9.74. The summed E-state index contributed by atoms with van der Waals surface area (Å²) in [7, 11) is 0. The summed E-state index contributed by atoms with van der Waals surface area (Å²) in [5.41, 5.74) is -1.25. The number of ether oxygens (including phenoxy) is 4. The Labute approximate surface area is 156 Å². The molecular weight excluding hydrogens is 336 g/mol. The van der Waals surface area contributed by atoms with Gasteiger partial charge >= 0.3 is 12.3 Å². The van der Waals surface area contributed by atoms with E-state index in [9.17, 15) is 9.59 Å². The Morgan fingerprint density at radius 2 is 1.27 bits per heavy atom. The normalized spacial score (nSPS) is 29.3. The lowest BCUT2D eigenvalue weighted by Gasteiger charge is -2.44. The van der Waals surface area contributed by atoms with Crippen LogP contribution < -0.4 is 0 Å². The van der Waals surface area contributed by atoms with Crippen LogP contribution in [0.3, 0.4) is 0 Å². The molecular formula is C20H34O6. The Morgan fingerprint density at radius 1 is 0.731 bits per heavy atom. The average molecular weight is 370 g/mol. The van der Waals surface area contributed by atoms with Gasteiger partial charge in [0.25, 0.3) is 0 Å². The molecule has 0 aliphatic heterocycles. The lowest BCUT2D eigenvalue weighted by atomic mass is 9.68. The fourth-order valence-corrected chi connectivity index (χ4v) is 3.92. The Balaban J connectivity index is 2.08. The van der Waals surface area contributed by atoms with Gasteiger partial charge in [0.05, 0.1) is 0 Å². The van der Waals surface area contributed by atoms with Crippen molar-refractivity contribution in [3.05, 3.63) is 0 Å². The second kappa shape index (κ2) is 8.05. The number of carbonyl (C=O) groups is 2. The van der Waals surface area contributed by atoms with Crippen LogP contribution in [0, 0.1) is 11.8 Å². The molecule has 2 saturated carbocycles. The highest BCUT2D eigenvalue weighted by Crippen LogP contribution is 2.43. The maximum Gasteiger partial charge on any atom is 0.509 e. The van der Waals surface area contributed by atoms with Crippen molar-refractivity contribution in [3.63, 3.8) is 0 Å². The van der Waals surface area contributed by atoms with Gasteiger partial charge in [0, 0.05) is 5.92 Å². The van der Waals surface area contributed by atoms with Gasteiger partial charge in [-0.25, -0.2) is 9.59 Å². The van der Waals surface area contributed by atoms with E-state index in [1.807, 2.05) is 0 Å². The van der Waals surface area contributed by atoms with E-state index in [0.29, 0.717) is 12.3 Å². The number of rotatable bonds is 2. The largest absolute Gasteiger partial charge is 0.509 e. The Hall–Kier alpha value is -1.46. The average Bonchev–Trinajstić information content (AvgIpc) is 2.46.